The first-order valence-electron chi connectivity index (χ1n) is 7.34. The number of hydrogen-bond acceptors (Lipinski definition) is 3. The van der Waals surface area contributed by atoms with E-state index < -0.39 is 0 Å². The van der Waals surface area contributed by atoms with E-state index in [4.69, 9.17) is 10.2 Å². The number of hydrogen-bond donors (Lipinski definition) is 1. The Morgan fingerprint density at radius 1 is 1.33 bits per heavy atom. The van der Waals surface area contributed by atoms with Crippen molar-refractivity contribution in [3.05, 3.63) is 23.7 Å². The van der Waals surface area contributed by atoms with Crippen molar-refractivity contribution in [1.82, 2.24) is 4.90 Å². The molecular weight excluding hydrogens is 224 g/mol. The molecule has 3 rings (SSSR count). The van der Waals surface area contributed by atoms with Crippen LogP contribution in [0.3, 0.4) is 0 Å². The predicted molar refractivity (Wildman–Crippen MR) is 72.3 cm³/mol. The number of fused-ring (bicyclic) bond motifs is 1. The number of nitrogens with two attached hydrogens (primary N) is 1. The van der Waals surface area contributed by atoms with Gasteiger partial charge in [-0.2, -0.15) is 0 Å². The molecule has 2 fully saturated rings. The topological polar surface area (TPSA) is 42.4 Å². The summed E-state index contributed by atoms with van der Waals surface area (Å²) in [5.74, 6) is 3.97. The van der Waals surface area contributed by atoms with Gasteiger partial charge in [0.1, 0.15) is 11.5 Å². The van der Waals surface area contributed by atoms with E-state index in [9.17, 15) is 0 Å². The van der Waals surface area contributed by atoms with E-state index in [2.05, 4.69) is 24.0 Å². The van der Waals surface area contributed by atoms with Gasteiger partial charge in [0.05, 0.1) is 6.04 Å². The second kappa shape index (κ2) is 5.06. The minimum absolute atomic E-state index is 0.288. The number of nitrogens with zero attached hydrogens (tertiary/aromatic N) is 1. The summed E-state index contributed by atoms with van der Waals surface area (Å²) in [6.45, 7) is 5.22. The molecule has 3 nitrogen and oxygen atoms in total. The SMILES string of the molecule is CCc1ccc(C(CN)N2CC3CCCC3C2)o1. The van der Waals surface area contributed by atoms with Gasteiger partial charge in [-0.15, -0.1) is 0 Å². The van der Waals surface area contributed by atoms with E-state index >= 15 is 0 Å². The third-order valence-corrected chi connectivity index (χ3v) is 4.78. The molecule has 0 amide bonds. The summed E-state index contributed by atoms with van der Waals surface area (Å²) in [5.41, 5.74) is 5.98. The predicted octanol–water partition coefficient (Wildman–Crippen LogP) is 2.57. The molecule has 1 saturated carbocycles. The maximum atomic E-state index is 5.98. The average Bonchev–Trinajstić information content (AvgIpc) is 3.04. The number of aryl methyl sites for hydroxylation is 1. The molecule has 0 bridgehead atoms. The van der Waals surface area contributed by atoms with Crippen molar-refractivity contribution in [2.24, 2.45) is 17.6 Å². The molecule has 2 N–H and O–H groups in total. The van der Waals surface area contributed by atoms with Crippen molar-refractivity contribution in [2.75, 3.05) is 19.6 Å². The fourth-order valence-corrected chi connectivity index (χ4v) is 3.73. The summed E-state index contributed by atoms with van der Waals surface area (Å²) in [6, 6.07) is 4.50. The van der Waals surface area contributed by atoms with Gasteiger partial charge in [-0.3, -0.25) is 4.90 Å². The molecule has 3 atom stereocenters. The average molecular weight is 248 g/mol. The zero-order valence-corrected chi connectivity index (χ0v) is 11.3. The lowest BCUT2D eigenvalue weighted by Gasteiger charge is -2.25. The Kier molecular flexibility index (Phi) is 3.44. The Morgan fingerprint density at radius 3 is 2.61 bits per heavy atom. The molecule has 1 aromatic rings. The smallest absolute Gasteiger partial charge is 0.122 e. The minimum atomic E-state index is 0.288. The molecule has 1 saturated heterocycles. The summed E-state index contributed by atoms with van der Waals surface area (Å²) in [7, 11) is 0. The molecule has 0 spiro atoms. The quantitative estimate of drug-likeness (QED) is 0.890. The van der Waals surface area contributed by atoms with Crippen LogP contribution >= 0.6 is 0 Å². The van der Waals surface area contributed by atoms with Gasteiger partial charge in [0.2, 0.25) is 0 Å². The number of furan rings is 1. The molecule has 0 radical (unpaired) electrons. The maximum absolute atomic E-state index is 5.98. The highest BCUT2D eigenvalue weighted by Gasteiger charge is 2.39. The van der Waals surface area contributed by atoms with Crippen molar-refractivity contribution in [3.8, 4) is 0 Å². The Labute approximate surface area is 109 Å². The van der Waals surface area contributed by atoms with Crippen LogP contribution in [-0.2, 0) is 6.42 Å². The maximum Gasteiger partial charge on any atom is 0.122 e. The van der Waals surface area contributed by atoms with Crippen LogP contribution < -0.4 is 5.73 Å². The van der Waals surface area contributed by atoms with Crippen LogP contribution in [0.15, 0.2) is 16.5 Å². The molecule has 1 aliphatic carbocycles. The van der Waals surface area contributed by atoms with Crippen LogP contribution in [0.25, 0.3) is 0 Å². The van der Waals surface area contributed by atoms with E-state index in [1.54, 1.807) is 0 Å². The van der Waals surface area contributed by atoms with Gasteiger partial charge < -0.3 is 10.2 Å². The first-order valence-corrected chi connectivity index (χ1v) is 7.34. The summed E-state index contributed by atoms with van der Waals surface area (Å²) in [4.78, 5) is 2.55. The van der Waals surface area contributed by atoms with Crippen LogP contribution in [0.5, 0.6) is 0 Å². The fraction of sp³-hybridized carbons (Fsp3) is 0.733. The highest BCUT2D eigenvalue weighted by molar-refractivity contribution is 5.12. The molecule has 3 heteroatoms. The standard InChI is InChI=1S/C15H24N2O/c1-2-13-6-7-15(18-13)14(8-16)17-9-11-4-3-5-12(11)10-17/h6-7,11-12,14H,2-5,8-10,16H2,1H3. The van der Waals surface area contributed by atoms with Gasteiger partial charge in [-0.1, -0.05) is 13.3 Å². The Morgan fingerprint density at radius 2 is 2.06 bits per heavy atom. The lowest BCUT2D eigenvalue weighted by Crippen LogP contribution is -2.32. The molecule has 1 aliphatic heterocycles. The summed E-state index contributed by atoms with van der Waals surface area (Å²) in [6.07, 6.45) is 5.22. The Bertz CT molecular complexity index is 389. The van der Waals surface area contributed by atoms with E-state index in [1.165, 1.54) is 32.4 Å². The van der Waals surface area contributed by atoms with Gasteiger partial charge in [0.15, 0.2) is 0 Å². The molecule has 18 heavy (non-hydrogen) atoms. The van der Waals surface area contributed by atoms with E-state index in [0.717, 1.165) is 29.8 Å². The third kappa shape index (κ3) is 2.10. The van der Waals surface area contributed by atoms with Crippen molar-refractivity contribution < 1.29 is 4.42 Å². The van der Waals surface area contributed by atoms with E-state index in [0.29, 0.717) is 6.54 Å². The first kappa shape index (κ1) is 12.2. The summed E-state index contributed by atoms with van der Waals surface area (Å²) in [5, 5.41) is 0. The molecule has 2 heterocycles. The van der Waals surface area contributed by atoms with Gasteiger partial charge >= 0.3 is 0 Å². The molecule has 0 aromatic carbocycles. The van der Waals surface area contributed by atoms with Crippen molar-refractivity contribution >= 4 is 0 Å². The molecule has 1 aromatic heterocycles. The summed E-state index contributed by atoms with van der Waals surface area (Å²) < 4.78 is 5.90. The van der Waals surface area contributed by atoms with Gasteiger partial charge in [-0.25, -0.2) is 0 Å². The van der Waals surface area contributed by atoms with Crippen molar-refractivity contribution in [1.29, 1.82) is 0 Å². The Hall–Kier alpha value is -0.800. The van der Waals surface area contributed by atoms with Crippen LogP contribution in [0, 0.1) is 11.8 Å². The van der Waals surface area contributed by atoms with Crippen LogP contribution in [0.2, 0.25) is 0 Å². The highest BCUT2D eigenvalue weighted by atomic mass is 16.3. The van der Waals surface area contributed by atoms with Crippen molar-refractivity contribution in [3.63, 3.8) is 0 Å². The van der Waals surface area contributed by atoms with Crippen LogP contribution in [0.4, 0.5) is 0 Å². The second-order valence-corrected chi connectivity index (χ2v) is 5.81. The largest absolute Gasteiger partial charge is 0.464 e. The lowest BCUT2D eigenvalue weighted by atomic mass is 10.0. The molecule has 100 valence electrons. The number of likely N-dealkylation sites (tertiary alicyclic amines) is 1. The molecular formula is C15H24N2O. The van der Waals surface area contributed by atoms with Crippen LogP contribution in [0.1, 0.15) is 43.7 Å². The second-order valence-electron chi connectivity index (χ2n) is 5.81. The van der Waals surface area contributed by atoms with Gasteiger partial charge in [0, 0.05) is 26.1 Å². The minimum Gasteiger partial charge on any atom is -0.464 e. The zero-order valence-electron chi connectivity index (χ0n) is 11.3. The normalized spacial score (nSPS) is 29.7. The highest BCUT2D eigenvalue weighted by Crippen LogP contribution is 2.40. The summed E-state index contributed by atoms with van der Waals surface area (Å²) >= 11 is 0. The lowest BCUT2D eigenvalue weighted by molar-refractivity contribution is 0.203. The third-order valence-electron chi connectivity index (χ3n) is 4.78. The Balaban J connectivity index is 1.72. The van der Waals surface area contributed by atoms with Gasteiger partial charge in [0.25, 0.3) is 0 Å². The van der Waals surface area contributed by atoms with Gasteiger partial charge in [-0.05, 0) is 36.8 Å². The van der Waals surface area contributed by atoms with E-state index in [-0.39, 0.29) is 6.04 Å². The molecule has 3 unspecified atom stereocenters. The number of rotatable bonds is 4. The van der Waals surface area contributed by atoms with Crippen molar-refractivity contribution in [2.45, 2.75) is 38.6 Å². The van der Waals surface area contributed by atoms with Crippen LogP contribution in [-0.4, -0.2) is 24.5 Å². The monoisotopic (exact) mass is 248 g/mol. The zero-order chi connectivity index (χ0) is 12.5. The molecule has 2 aliphatic rings. The van der Waals surface area contributed by atoms with E-state index in [1.807, 2.05) is 0 Å². The fourth-order valence-electron chi connectivity index (χ4n) is 3.73. The first-order chi connectivity index (χ1) is 8.81.